The first-order valence-corrected chi connectivity index (χ1v) is 9.29. The van der Waals surface area contributed by atoms with Gasteiger partial charge in [-0.3, -0.25) is 4.79 Å². The first-order chi connectivity index (χ1) is 11.8. The van der Waals surface area contributed by atoms with E-state index in [2.05, 4.69) is 33.8 Å². The van der Waals surface area contributed by atoms with E-state index >= 15 is 0 Å². The molecule has 1 amide bonds. The number of benzene rings is 1. The zero-order valence-electron chi connectivity index (χ0n) is 13.5. The molecule has 4 nitrogen and oxygen atoms in total. The van der Waals surface area contributed by atoms with Crippen LogP contribution in [0.2, 0.25) is 0 Å². The van der Waals surface area contributed by atoms with Crippen LogP contribution in [0.25, 0.3) is 10.9 Å². The minimum atomic E-state index is 0.0316. The zero-order valence-corrected chi connectivity index (χ0v) is 14.3. The molecule has 3 N–H and O–H groups in total. The van der Waals surface area contributed by atoms with Crippen molar-refractivity contribution in [3.8, 4) is 0 Å². The minimum absolute atomic E-state index is 0.0316. The van der Waals surface area contributed by atoms with Crippen LogP contribution in [-0.4, -0.2) is 24.0 Å². The topological polar surface area (TPSA) is 56.9 Å². The van der Waals surface area contributed by atoms with Crippen LogP contribution in [0.5, 0.6) is 0 Å². The SMILES string of the molecule is O=C(NCCc1c[nH]c2ccccc12)c1ccc([C@H]2CCCN2)s1. The molecular weight excluding hydrogens is 318 g/mol. The van der Waals surface area contributed by atoms with Gasteiger partial charge in [0, 0.05) is 34.6 Å². The van der Waals surface area contributed by atoms with Gasteiger partial charge in [0.05, 0.1) is 4.88 Å². The van der Waals surface area contributed by atoms with Crippen molar-refractivity contribution in [2.75, 3.05) is 13.1 Å². The van der Waals surface area contributed by atoms with Crippen LogP contribution in [0, 0.1) is 0 Å². The molecule has 0 unspecified atom stereocenters. The van der Waals surface area contributed by atoms with Crippen molar-refractivity contribution in [2.45, 2.75) is 25.3 Å². The number of amides is 1. The average molecular weight is 339 g/mol. The lowest BCUT2D eigenvalue weighted by atomic mass is 10.1. The van der Waals surface area contributed by atoms with E-state index < -0.39 is 0 Å². The number of H-pyrrole nitrogens is 1. The molecule has 1 aliphatic heterocycles. The minimum Gasteiger partial charge on any atom is -0.361 e. The molecule has 0 radical (unpaired) electrons. The van der Waals surface area contributed by atoms with Crippen LogP contribution in [0.3, 0.4) is 0 Å². The Labute approximate surface area is 145 Å². The lowest BCUT2D eigenvalue weighted by Gasteiger charge is -2.06. The van der Waals surface area contributed by atoms with E-state index in [-0.39, 0.29) is 5.91 Å². The number of hydrogen-bond acceptors (Lipinski definition) is 3. The van der Waals surface area contributed by atoms with Gasteiger partial charge < -0.3 is 15.6 Å². The number of nitrogens with one attached hydrogen (secondary N) is 3. The van der Waals surface area contributed by atoms with Crippen LogP contribution >= 0.6 is 11.3 Å². The third kappa shape index (κ3) is 3.09. The van der Waals surface area contributed by atoms with Gasteiger partial charge in [0.25, 0.3) is 5.91 Å². The fraction of sp³-hybridized carbons (Fsp3) is 0.316. The van der Waals surface area contributed by atoms with Crippen LogP contribution in [0.1, 0.15) is 39.0 Å². The van der Waals surface area contributed by atoms with Crippen molar-refractivity contribution in [1.82, 2.24) is 15.6 Å². The smallest absolute Gasteiger partial charge is 0.261 e. The average Bonchev–Trinajstić information content (AvgIpc) is 3.35. The third-order valence-corrected chi connectivity index (χ3v) is 5.81. The Morgan fingerprint density at radius 2 is 2.17 bits per heavy atom. The number of para-hydroxylation sites is 1. The summed E-state index contributed by atoms with van der Waals surface area (Å²) >= 11 is 1.61. The molecule has 4 rings (SSSR count). The second kappa shape index (κ2) is 6.79. The Hall–Kier alpha value is -2.11. The van der Waals surface area contributed by atoms with Gasteiger partial charge in [-0.2, -0.15) is 0 Å². The summed E-state index contributed by atoms with van der Waals surface area (Å²) in [6.45, 7) is 1.73. The summed E-state index contributed by atoms with van der Waals surface area (Å²) in [6, 6.07) is 12.7. The highest BCUT2D eigenvalue weighted by molar-refractivity contribution is 7.14. The fourth-order valence-electron chi connectivity index (χ4n) is 3.33. The van der Waals surface area contributed by atoms with Gasteiger partial charge in [-0.25, -0.2) is 0 Å². The third-order valence-electron chi connectivity index (χ3n) is 4.61. The Morgan fingerprint density at radius 1 is 1.25 bits per heavy atom. The number of carbonyl (C=O) groups excluding carboxylic acids is 1. The molecule has 3 heterocycles. The van der Waals surface area contributed by atoms with E-state index in [9.17, 15) is 4.79 Å². The number of aromatic amines is 1. The molecule has 0 saturated carbocycles. The summed E-state index contributed by atoms with van der Waals surface area (Å²) < 4.78 is 0. The standard InChI is InChI=1S/C19H21N3OS/c23-19(18-8-7-17(24-18)16-6-3-10-20-16)21-11-9-13-12-22-15-5-2-1-4-14(13)15/h1-2,4-5,7-8,12,16,20,22H,3,6,9-11H2,(H,21,23)/t16-/m1/s1. The van der Waals surface area contributed by atoms with Gasteiger partial charge in [-0.1, -0.05) is 18.2 Å². The number of rotatable bonds is 5. The van der Waals surface area contributed by atoms with Crippen LogP contribution < -0.4 is 10.6 Å². The van der Waals surface area contributed by atoms with Gasteiger partial charge in [-0.15, -0.1) is 11.3 Å². The van der Waals surface area contributed by atoms with E-state index in [4.69, 9.17) is 0 Å². The molecule has 3 aromatic rings. The predicted molar refractivity (Wildman–Crippen MR) is 98.6 cm³/mol. The van der Waals surface area contributed by atoms with Crippen molar-refractivity contribution in [2.24, 2.45) is 0 Å². The van der Waals surface area contributed by atoms with E-state index in [1.807, 2.05) is 24.4 Å². The normalized spacial score (nSPS) is 17.4. The molecule has 124 valence electrons. The number of thiophene rings is 1. The summed E-state index contributed by atoms with van der Waals surface area (Å²) in [6.07, 6.45) is 5.25. The molecule has 1 saturated heterocycles. The first-order valence-electron chi connectivity index (χ1n) is 8.47. The fourth-order valence-corrected chi connectivity index (χ4v) is 4.36. The molecule has 1 fully saturated rings. The number of hydrogen-bond donors (Lipinski definition) is 3. The molecule has 1 atom stereocenters. The van der Waals surface area contributed by atoms with E-state index in [1.165, 1.54) is 28.7 Å². The van der Waals surface area contributed by atoms with Crippen LogP contribution in [0.4, 0.5) is 0 Å². The summed E-state index contributed by atoms with van der Waals surface area (Å²) in [5, 5.41) is 7.76. The van der Waals surface area contributed by atoms with Gasteiger partial charge in [0.2, 0.25) is 0 Å². The van der Waals surface area contributed by atoms with Crippen LogP contribution in [0.15, 0.2) is 42.6 Å². The Morgan fingerprint density at radius 3 is 3.04 bits per heavy atom. The van der Waals surface area contributed by atoms with Gasteiger partial charge in [0.1, 0.15) is 0 Å². The molecule has 0 bridgehead atoms. The summed E-state index contributed by atoms with van der Waals surface area (Å²) in [7, 11) is 0. The summed E-state index contributed by atoms with van der Waals surface area (Å²) in [4.78, 5) is 17.7. The predicted octanol–water partition coefficient (Wildman–Crippen LogP) is 3.63. The number of fused-ring (bicyclic) bond motifs is 1. The Bertz CT molecular complexity index is 845. The summed E-state index contributed by atoms with van der Waals surface area (Å²) in [5.74, 6) is 0.0316. The quantitative estimate of drug-likeness (QED) is 0.665. The van der Waals surface area contributed by atoms with Crippen molar-refractivity contribution >= 4 is 28.1 Å². The number of aromatic nitrogens is 1. The van der Waals surface area contributed by atoms with E-state index in [0.29, 0.717) is 12.6 Å². The molecule has 24 heavy (non-hydrogen) atoms. The maximum Gasteiger partial charge on any atom is 0.261 e. The van der Waals surface area contributed by atoms with Crippen molar-refractivity contribution in [3.63, 3.8) is 0 Å². The maximum atomic E-state index is 12.3. The lowest BCUT2D eigenvalue weighted by molar-refractivity contribution is 0.0958. The number of carbonyl (C=O) groups is 1. The highest BCUT2D eigenvalue weighted by Gasteiger charge is 2.19. The van der Waals surface area contributed by atoms with Crippen molar-refractivity contribution in [1.29, 1.82) is 0 Å². The second-order valence-corrected chi connectivity index (χ2v) is 7.33. The molecule has 0 aliphatic carbocycles. The van der Waals surface area contributed by atoms with Crippen molar-refractivity contribution in [3.05, 3.63) is 57.9 Å². The van der Waals surface area contributed by atoms with E-state index in [0.717, 1.165) is 23.4 Å². The second-order valence-electron chi connectivity index (χ2n) is 6.22. The molecule has 0 spiro atoms. The molecule has 2 aromatic heterocycles. The molecule has 1 aromatic carbocycles. The van der Waals surface area contributed by atoms with Gasteiger partial charge in [0.15, 0.2) is 0 Å². The summed E-state index contributed by atoms with van der Waals surface area (Å²) in [5.41, 5.74) is 2.39. The largest absolute Gasteiger partial charge is 0.361 e. The molecule has 5 heteroatoms. The van der Waals surface area contributed by atoms with Crippen molar-refractivity contribution < 1.29 is 4.79 Å². The highest BCUT2D eigenvalue weighted by atomic mass is 32.1. The Balaban J connectivity index is 1.35. The van der Waals surface area contributed by atoms with Crippen LogP contribution in [-0.2, 0) is 6.42 Å². The molecular formula is C19H21N3OS. The maximum absolute atomic E-state index is 12.3. The first kappa shape index (κ1) is 15.4. The van der Waals surface area contributed by atoms with E-state index in [1.54, 1.807) is 11.3 Å². The van der Waals surface area contributed by atoms with Gasteiger partial charge in [-0.05, 0) is 49.6 Å². The Kier molecular flexibility index (Phi) is 4.36. The monoisotopic (exact) mass is 339 g/mol. The zero-order chi connectivity index (χ0) is 16.4. The van der Waals surface area contributed by atoms with Gasteiger partial charge >= 0.3 is 0 Å². The molecule has 1 aliphatic rings. The lowest BCUT2D eigenvalue weighted by Crippen LogP contribution is -2.24. The highest BCUT2D eigenvalue weighted by Crippen LogP contribution is 2.29.